The molecule has 3 aromatic rings. The Balaban J connectivity index is 1.79. The topological polar surface area (TPSA) is 33.6 Å². The molecule has 4 rings (SSSR count). The zero-order valence-corrected chi connectivity index (χ0v) is 21.2. The number of hydrogen-bond donors (Lipinski definition) is 1. The maximum absolute atomic E-state index is 6.25. The molecule has 0 amide bonds. The largest absolute Gasteiger partial charge is 0.490 e. The molecule has 0 saturated heterocycles. The molecule has 1 aliphatic heterocycles. The molecule has 1 N–H and O–H groups in total. The van der Waals surface area contributed by atoms with Crippen LogP contribution in [0.1, 0.15) is 69.0 Å². The second kappa shape index (κ2) is 9.40. The lowest BCUT2D eigenvalue weighted by atomic mass is 9.86. The standard InChI is InChI=1S/C28H30Cl2N2O/c1-17(2)33-24-16-20(28(3,4)5)10-15-23(24)27-31-25(18-6-11-21(29)12-7-18)26(32-27)19-8-13-22(30)14-9-19/h6-17,25-26H,1-5H3,(H,31,32)/t25-,26+. The molecule has 1 heterocycles. The molecule has 0 bridgehead atoms. The second-order valence-corrected chi connectivity index (χ2v) is 10.6. The summed E-state index contributed by atoms with van der Waals surface area (Å²) in [6, 6.07) is 22.1. The Morgan fingerprint density at radius 3 is 1.97 bits per heavy atom. The molecule has 0 aromatic heterocycles. The number of aliphatic imine (C=N–C) groups is 1. The molecule has 0 fully saturated rings. The van der Waals surface area contributed by atoms with Gasteiger partial charge in [-0.05, 0) is 72.4 Å². The van der Waals surface area contributed by atoms with Gasteiger partial charge in [-0.1, -0.05) is 74.3 Å². The van der Waals surface area contributed by atoms with Gasteiger partial charge in [0.1, 0.15) is 17.6 Å². The highest BCUT2D eigenvalue weighted by Crippen LogP contribution is 2.39. The Bertz CT molecular complexity index is 1150. The van der Waals surface area contributed by atoms with E-state index in [4.69, 9.17) is 32.9 Å². The fourth-order valence-corrected chi connectivity index (χ4v) is 4.27. The normalized spacial score (nSPS) is 18.2. The van der Waals surface area contributed by atoms with E-state index < -0.39 is 0 Å². The lowest BCUT2D eigenvalue weighted by Crippen LogP contribution is -2.26. The minimum Gasteiger partial charge on any atom is -0.490 e. The molecule has 0 saturated carbocycles. The molecule has 0 aliphatic carbocycles. The number of benzene rings is 3. The lowest BCUT2D eigenvalue weighted by Gasteiger charge is -2.23. The first-order chi connectivity index (χ1) is 15.6. The molecule has 3 aromatic carbocycles. The number of hydrogen-bond acceptors (Lipinski definition) is 3. The third-order valence-corrected chi connectivity index (χ3v) is 6.29. The quantitative estimate of drug-likeness (QED) is 0.402. The summed E-state index contributed by atoms with van der Waals surface area (Å²) in [5, 5.41) is 5.10. The van der Waals surface area contributed by atoms with Crippen molar-refractivity contribution in [2.75, 3.05) is 0 Å². The number of nitrogens with zero attached hydrogens (tertiary/aromatic N) is 1. The van der Waals surface area contributed by atoms with Crippen molar-refractivity contribution in [2.24, 2.45) is 4.99 Å². The van der Waals surface area contributed by atoms with E-state index in [-0.39, 0.29) is 23.6 Å². The van der Waals surface area contributed by atoms with Gasteiger partial charge >= 0.3 is 0 Å². The summed E-state index contributed by atoms with van der Waals surface area (Å²) in [5.74, 6) is 1.67. The van der Waals surface area contributed by atoms with Crippen LogP contribution < -0.4 is 10.1 Å². The summed E-state index contributed by atoms with van der Waals surface area (Å²) in [5.41, 5.74) is 4.43. The average molecular weight is 481 g/mol. The lowest BCUT2D eigenvalue weighted by molar-refractivity contribution is 0.241. The maximum Gasteiger partial charge on any atom is 0.133 e. The molecule has 1 aliphatic rings. The third-order valence-electron chi connectivity index (χ3n) is 5.78. The van der Waals surface area contributed by atoms with E-state index in [2.05, 4.69) is 56.4 Å². The van der Waals surface area contributed by atoms with Gasteiger partial charge in [0.05, 0.1) is 17.7 Å². The van der Waals surface area contributed by atoms with E-state index in [1.165, 1.54) is 5.56 Å². The Labute approximate surface area is 206 Å². The van der Waals surface area contributed by atoms with Crippen molar-refractivity contribution in [1.82, 2.24) is 5.32 Å². The van der Waals surface area contributed by atoms with E-state index in [9.17, 15) is 0 Å². The number of amidine groups is 1. The second-order valence-electron chi connectivity index (χ2n) is 9.78. The van der Waals surface area contributed by atoms with Crippen molar-refractivity contribution in [3.8, 4) is 5.75 Å². The molecule has 172 valence electrons. The van der Waals surface area contributed by atoms with Crippen molar-refractivity contribution in [1.29, 1.82) is 0 Å². The van der Waals surface area contributed by atoms with Crippen molar-refractivity contribution < 1.29 is 4.74 Å². The molecule has 33 heavy (non-hydrogen) atoms. The van der Waals surface area contributed by atoms with Crippen molar-refractivity contribution in [2.45, 2.75) is 58.2 Å². The molecule has 5 heteroatoms. The van der Waals surface area contributed by atoms with Gasteiger partial charge in [-0.25, -0.2) is 0 Å². The van der Waals surface area contributed by atoms with Gasteiger partial charge in [0, 0.05) is 10.0 Å². The molecular weight excluding hydrogens is 451 g/mol. The number of halogens is 2. The van der Waals surface area contributed by atoms with Crippen LogP contribution in [-0.4, -0.2) is 11.9 Å². The minimum atomic E-state index is -0.104. The Hall–Kier alpha value is -2.49. The summed E-state index contributed by atoms with van der Waals surface area (Å²) >= 11 is 12.3. The molecule has 2 atom stereocenters. The van der Waals surface area contributed by atoms with Crippen LogP contribution in [0.25, 0.3) is 0 Å². The number of rotatable bonds is 5. The molecule has 0 radical (unpaired) electrons. The van der Waals surface area contributed by atoms with E-state index in [0.29, 0.717) is 10.0 Å². The SMILES string of the molecule is CC(C)Oc1cc(C(C)(C)C)ccc1C1=N[C@H](c2ccc(Cl)cc2)[C@H](c2ccc(Cl)cc2)N1. The summed E-state index contributed by atoms with van der Waals surface area (Å²) in [7, 11) is 0. The van der Waals surface area contributed by atoms with Gasteiger partial charge in [-0.2, -0.15) is 0 Å². The summed E-state index contributed by atoms with van der Waals surface area (Å²) in [6.07, 6.45) is 0.0556. The van der Waals surface area contributed by atoms with Crippen LogP contribution in [0, 0.1) is 0 Å². The average Bonchev–Trinajstić information content (AvgIpc) is 3.19. The summed E-state index contributed by atoms with van der Waals surface area (Å²) < 4.78 is 6.25. The number of nitrogens with one attached hydrogen (secondary N) is 1. The van der Waals surface area contributed by atoms with Crippen LogP contribution in [0.4, 0.5) is 0 Å². The van der Waals surface area contributed by atoms with Crippen molar-refractivity contribution in [3.05, 3.63) is 99.0 Å². The minimum absolute atomic E-state index is 0.0240. The molecule has 0 unspecified atom stereocenters. The smallest absolute Gasteiger partial charge is 0.133 e. The van der Waals surface area contributed by atoms with Crippen LogP contribution >= 0.6 is 23.2 Å². The van der Waals surface area contributed by atoms with Gasteiger partial charge in [0.2, 0.25) is 0 Å². The van der Waals surface area contributed by atoms with Crippen LogP contribution in [0.15, 0.2) is 71.7 Å². The Morgan fingerprint density at radius 2 is 1.42 bits per heavy atom. The fourth-order valence-electron chi connectivity index (χ4n) is 4.02. The van der Waals surface area contributed by atoms with Crippen LogP contribution in [0.3, 0.4) is 0 Å². The third kappa shape index (κ3) is 5.37. The summed E-state index contributed by atoms with van der Waals surface area (Å²) in [6.45, 7) is 10.7. The predicted molar refractivity (Wildman–Crippen MR) is 139 cm³/mol. The van der Waals surface area contributed by atoms with E-state index in [1.54, 1.807) is 0 Å². The molecular formula is C28H30Cl2N2O. The highest BCUT2D eigenvalue weighted by atomic mass is 35.5. The first-order valence-corrected chi connectivity index (χ1v) is 12.0. The van der Waals surface area contributed by atoms with E-state index >= 15 is 0 Å². The van der Waals surface area contributed by atoms with Crippen LogP contribution in [0.2, 0.25) is 10.0 Å². The summed E-state index contributed by atoms with van der Waals surface area (Å²) in [4.78, 5) is 5.15. The Morgan fingerprint density at radius 1 is 0.848 bits per heavy atom. The monoisotopic (exact) mass is 480 g/mol. The van der Waals surface area contributed by atoms with Gasteiger partial charge in [0.25, 0.3) is 0 Å². The first-order valence-electron chi connectivity index (χ1n) is 11.3. The van der Waals surface area contributed by atoms with Crippen LogP contribution in [0.5, 0.6) is 5.75 Å². The highest BCUT2D eigenvalue weighted by molar-refractivity contribution is 6.30. The van der Waals surface area contributed by atoms with Gasteiger partial charge < -0.3 is 10.1 Å². The van der Waals surface area contributed by atoms with Crippen LogP contribution in [-0.2, 0) is 5.41 Å². The molecule has 0 spiro atoms. The zero-order valence-electron chi connectivity index (χ0n) is 19.7. The highest BCUT2D eigenvalue weighted by Gasteiger charge is 2.33. The van der Waals surface area contributed by atoms with E-state index in [1.807, 2.05) is 50.2 Å². The number of ether oxygens (including phenoxy) is 1. The van der Waals surface area contributed by atoms with Gasteiger partial charge in [0.15, 0.2) is 0 Å². The van der Waals surface area contributed by atoms with Crippen molar-refractivity contribution in [3.63, 3.8) is 0 Å². The Kier molecular flexibility index (Phi) is 6.74. The maximum atomic E-state index is 6.25. The van der Waals surface area contributed by atoms with Gasteiger partial charge in [-0.15, -0.1) is 0 Å². The van der Waals surface area contributed by atoms with E-state index in [0.717, 1.165) is 28.3 Å². The zero-order chi connectivity index (χ0) is 23.8. The van der Waals surface area contributed by atoms with Gasteiger partial charge in [-0.3, -0.25) is 4.99 Å². The molecule has 3 nitrogen and oxygen atoms in total. The predicted octanol–water partition coefficient (Wildman–Crippen LogP) is 7.91. The van der Waals surface area contributed by atoms with Crippen molar-refractivity contribution >= 4 is 29.0 Å². The fraction of sp³-hybridized carbons (Fsp3) is 0.321. The first kappa shape index (κ1) is 23.7.